The second-order valence-corrected chi connectivity index (χ2v) is 8.02. The number of carbonyl (C=O) groups excluding carboxylic acids is 2. The topological polar surface area (TPSA) is 61.4 Å². The number of para-hydroxylation sites is 1. The van der Waals surface area contributed by atoms with Crippen molar-refractivity contribution in [3.8, 4) is 0 Å². The first-order chi connectivity index (χ1) is 13.6. The monoisotopic (exact) mass is 377 g/mol. The summed E-state index contributed by atoms with van der Waals surface area (Å²) in [5.74, 6) is 1.38. The van der Waals surface area contributed by atoms with Gasteiger partial charge in [0.15, 0.2) is 0 Å². The molecule has 0 spiro atoms. The van der Waals surface area contributed by atoms with Crippen LogP contribution in [-0.4, -0.2) is 29.4 Å². The average Bonchev–Trinajstić information content (AvgIpc) is 3.16. The number of amides is 3. The molecule has 0 bridgehead atoms. The van der Waals surface area contributed by atoms with E-state index in [4.69, 9.17) is 0 Å². The maximum absolute atomic E-state index is 12.7. The molecule has 5 nitrogen and oxygen atoms in total. The number of urea groups is 1. The number of hydrogen-bond donors (Lipinski definition) is 2. The Balaban J connectivity index is 1.36. The first-order valence-corrected chi connectivity index (χ1v) is 10.0. The van der Waals surface area contributed by atoms with Crippen LogP contribution in [0.4, 0.5) is 10.5 Å². The average molecular weight is 377 g/mol. The predicted octanol–water partition coefficient (Wildman–Crippen LogP) is 3.88. The minimum absolute atomic E-state index is 0.188. The van der Waals surface area contributed by atoms with Crippen molar-refractivity contribution < 1.29 is 9.59 Å². The van der Waals surface area contributed by atoms with Gasteiger partial charge in [-0.25, -0.2) is 4.79 Å². The maximum Gasteiger partial charge on any atom is 0.319 e. The molecule has 1 saturated carbocycles. The molecule has 2 fully saturated rings. The Hall–Kier alpha value is -2.82. The van der Waals surface area contributed by atoms with Crippen LogP contribution < -0.4 is 10.6 Å². The fraction of sp³-hybridized carbons (Fsp3) is 0.391. The first-order valence-electron chi connectivity index (χ1n) is 10.0. The van der Waals surface area contributed by atoms with Crippen molar-refractivity contribution in [1.29, 1.82) is 0 Å². The fourth-order valence-corrected chi connectivity index (χ4v) is 4.83. The smallest absolute Gasteiger partial charge is 0.319 e. The third kappa shape index (κ3) is 3.88. The quantitative estimate of drug-likeness (QED) is 0.831. The molecule has 2 aromatic rings. The zero-order chi connectivity index (χ0) is 19.5. The van der Waals surface area contributed by atoms with E-state index in [2.05, 4.69) is 34.6 Å². The number of benzene rings is 2. The van der Waals surface area contributed by atoms with E-state index in [9.17, 15) is 9.59 Å². The molecule has 1 aliphatic carbocycles. The Kier molecular flexibility index (Phi) is 5.33. The summed E-state index contributed by atoms with van der Waals surface area (Å²) in [4.78, 5) is 26.9. The van der Waals surface area contributed by atoms with E-state index in [-0.39, 0.29) is 18.0 Å². The van der Waals surface area contributed by atoms with Crippen LogP contribution in [0.25, 0.3) is 0 Å². The van der Waals surface area contributed by atoms with Gasteiger partial charge in [0.1, 0.15) is 0 Å². The minimum Gasteiger partial charge on any atom is -0.338 e. The zero-order valence-electron chi connectivity index (χ0n) is 16.2. The summed E-state index contributed by atoms with van der Waals surface area (Å²) < 4.78 is 0. The molecule has 4 atom stereocenters. The van der Waals surface area contributed by atoms with Crippen LogP contribution in [0.2, 0.25) is 0 Å². The summed E-state index contributed by atoms with van der Waals surface area (Å²) in [5.41, 5.74) is 1.95. The van der Waals surface area contributed by atoms with E-state index in [1.807, 2.05) is 48.5 Å². The number of carbonyl (C=O) groups is 2. The van der Waals surface area contributed by atoms with Gasteiger partial charge < -0.3 is 15.5 Å². The highest BCUT2D eigenvalue weighted by Crippen LogP contribution is 2.46. The SMILES string of the molecule is C[C@H]1C[C@@H]2[C@@H](CC(=O)N2Cc2ccccc2)[C@@H]1CNC(=O)Nc1ccccc1. The van der Waals surface area contributed by atoms with Gasteiger partial charge in [-0.05, 0) is 41.9 Å². The summed E-state index contributed by atoms with van der Waals surface area (Å²) in [5, 5.41) is 5.88. The number of hydrogen-bond acceptors (Lipinski definition) is 2. The number of nitrogens with zero attached hydrogens (tertiary/aromatic N) is 1. The molecular weight excluding hydrogens is 350 g/mol. The molecule has 1 heterocycles. The standard InChI is InChI=1S/C23H27N3O2/c1-16-12-21-19(13-22(27)26(21)15-17-8-4-2-5-9-17)20(16)14-24-23(28)25-18-10-6-3-7-11-18/h2-11,16,19-21H,12-15H2,1H3,(H2,24,25,28)/t16-,19-,20+,21+/m0/s1. The molecule has 0 aromatic heterocycles. The highest BCUT2D eigenvalue weighted by Gasteiger charge is 2.50. The van der Waals surface area contributed by atoms with E-state index in [0.717, 1.165) is 12.1 Å². The van der Waals surface area contributed by atoms with Crippen LogP contribution in [0.15, 0.2) is 60.7 Å². The van der Waals surface area contributed by atoms with E-state index < -0.39 is 0 Å². The minimum atomic E-state index is -0.188. The van der Waals surface area contributed by atoms with Gasteiger partial charge in [0, 0.05) is 31.2 Å². The number of nitrogens with one attached hydrogen (secondary N) is 2. The molecule has 1 aliphatic heterocycles. The number of rotatable bonds is 5. The van der Waals surface area contributed by atoms with Gasteiger partial charge >= 0.3 is 6.03 Å². The highest BCUT2D eigenvalue weighted by atomic mass is 16.2. The fourth-order valence-electron chi connectivity index (χ4n) is 4.83. The Morgan fingerprint density at radius 3 is 2.46 bits per heavy atom. The summed E-state index contributed by atoms with van der Waals surface area (Å²) in [6.45, 7) is 3.53. The van der Waals surface area contributed by atoms with Crippen LogP contribution >= 0.6 is 0 Å². The van der Waals surface area contributed by atoms with Gasteiger partial charge in [-0.15, -0.1) is 0 Å². The zero-order valence-corrected chi connectivity index (χ0v) is 16.2. The van der Waals surface area contributed by atoms with Crippen LogP contribution in [-0.2, 0) is 11.3 Å². The predicted molar refractivity (Wildman–Crippen MR) is 110 cm³/mol. The van der Waals surface area contributed by atoms with E-state index in [0.29, 0.717) is 37.3 Å². The Labute approximate surface area is 166 Å². The second-order valence-electron chi connectivity index (χ2n) is 8.02. The molecule has 3 amide bonds. The molecule has 1 saturated heterocycles. The van der Waals surface area contributed by atoms with Crippen LogP contribution in [0.3, 0.4) is 0 Å². The Morgan fingerprint density at radius 1 is 1.07 bits per heavy atom. The van der Waals surface area contributed by atoms with Gasteiger partial charge in [-0.2, -0.15) is 0 Å². The molecule has 0 radical (unpaired) electrons. The van der Waals surface area contributed by atoms with E-state index >= 15 is 0 Å². The number of anilines is 1. The van der Waals surface area contributed by atoms with Crippen molar-refractivity contribution in [1.82, 2.24) is 10.2 Å². The third-order valence-electron chi connectivity index (χ3n) is 6.25. The van der Waals surface area contributed by atoms with Crippen molar-refractivity contribution >= 4 is 17.6 Å². The maximum atomic E-state index is 12.7. The van der Waals surface area contributed by atoms with Gasteiger partial charge in [-0.3, -0.25) is 4.79 Å². The van der Waals surface area contributed by atoms with E-state index in [1.165, 1.54) is 5.56 Å². The first kappa shape index (κ1) is 18.5. The molecule has 146 valence electrons. The van der Waals surface area contributed by atoms with Crippen molar-refractivity contribution in [3.63, 3.8) is 0 Å². The largest absolute Gasteiger partial charge is 0.338 e. The summed E-state index contributed by atoms with van der Waals surface area (Å²) in [7, 11) is 0. The number of likely N-dealkylation sites (tertiary alicyclic amines) is 1. The highest BCUT2D eigenvalue weighted by molar-refractivity contribution is 5.89. The molecule has 2 N–H and O–H groups in total. The molecule has 5 heteroatoms. The van der Waals surface area contributed by atoms with Crippen LogP contribution in [0, 0.1) is 17.8 Å². The van der Waals surface area contributed by atoms with Crippen molar-refractivity contribution in [2.75, 3.05) is 11.9 Å². The van der Waals surface area contributed by atoms with E-state index in [1.54, 1.807) is 0 Å². The van der Waals surface area contributed by atoms with Gasteiger partial charge in [0.05, 0.1) is 0 Å². The van der Waals surface area contributed by atoms with Gasteiger partial charge in [-0.1, -0.05) is 55.5 Å². The lowest BCUT2D eigenvalue weighted by Crippen LogP contribution is -2.36. The molecule has 2 aromatic carbocycles. The Bertz CT molecular complexity index is 824. The van der Waals surface area contributed by atoms with Gasteiger partial charge in [0.25, 0.3) is 0 Å². The molecule has 4 rings (SSSR count). The number of fused-ring (bicyclic) bond motifs is 1. The van der Waals surface area contributed by atoms with Crippen molar-refractivity contribution in [2.45, 2.75) is 32.4 Å². The summed E-state index contributed by atoms with van der Waals surface area (Å²) in [6.07, 6.45) is 1.60. The van der Waals surface area contributed by atoms with Crippen LogP contribution in [0.1, 0.15) is 25.3 Å². The van der Waals surface area contributed by atoms with Crippen LogP contribution in [0.5, 0.6) is 0 Å². The lowest BCUT2D eigenvalue weighted by Gasteiger charge is -2.24. The van der Waals surface area contributed by atoms with Crippen molar-refractivity contribution in [3.05, 3.63) is 66.2 Å². The third-order valence-corrected chi connectivity index (χ3v) is 6.25. The lowest BCUT2D eigenvalue weighted by atomic mass is 9.88. The molecule has 2 aliphatic rings. The molecule has 0 unspecified atom stereocenters. The van der Waals surface area contributed by atoms with Crippen molar-refractivity contribution in [2.24, 2.45) is 17.8 Å². The second kappa shape index (κ2) is 8.05. The molecular formula is C23H27N3O2. The Morgan fingerprint density at radius 2 is 1.75 bits per heavy atom. The summed E-state index contributed by atoms with van der Waals surface area (Å²) in [6, 6.07) is 19.7. The summed E-state index contributed by atoms with van der Waals surface area (Å²) >= 11 is 0. The van der Waals surface area contributed by atoms with Gasteiger partial charge in [0.2, 0.25) is 5.91 Å². The molecule has 28 heavy (non-hydrogen) atoms. The normalized spacial score (nSPS) is 26.2. The lowest BCUT2D eigenvalue weighted by molar-refractivity contribution is -0.129.